The van der Waals surface area contributed by atoms with Crippen molar-refractivity contribution in [1.29, 1.82) is 5.26 Å². The second kappa shape index (κ2) is 4.86. The lowest BCUT2D eigenvalue weighted by Crippen LogP contribution is -1.86. The van der Waals surface area contributed by atoms with Gasteiger partial charge in [-0.05, 0) is 30.3 Å². The second-order valence-corrected chi connectivity index (χ2v) is 4.24. The molecule has 3 aromatic rings. The van der Waals surface area contributed by atoms with Crippen molar-refractivity contribution in [1.82, 2.24) is 10.1 Å². The lowest BCUT2D eigenvalue weighted by atomic mass is 10.1. The van der Waals surface area contributed by atoms with E-state index in [1.165, 1.54) is 0 Å². The first kappa shape index (κ1) is 11.9. The first-order valence-corrected chi connectivity index (χ1v) is 5.96. The fourth-order valence-electron chi connectivity index (χ4n) is 1.86. The molecule has 96 valence electrons. The molecule has 0 saturated carbocycles. The highest BCUT2D eigenvalue weighted by Gasteiger charge is 2.11. The first-order valence-electron chi connectivity index (χ1n) is 5.96. The number of hydrogen-bond donors (Lipinski definition) is 1. The van der Waals surface area contributed by atoms with E-state index in [0.717, 1.165) is 5.56 Å². The monoisotopic (exact) mass is 262 g/mol. The van der Waals surface area contributed by atoms with Crippen LogP contribution in [0.5, 0.6) is 0 Å². The van der Waals surface area contributed by atoms with Gasteiger partial charge in [0, 0.05) is 16.8 Å². The van der Waals surface area contributed by atoms with Crippen LogP contribution in [0, 0.1) is 11.3 Å². The summed E-state index contributed by atoms with van der Waals surface area (Å²) in [6.45, 7) is 0. The van der Waals surface area contributed by atoms with Crippen LogP contribution in [-0.2, 0) is 0 Å². The Labute approximate surface area is 115 Å². The molecule has 0 aliphatic heterocycles. The van der Waals surface area contributed by atoms with E-state index in [2.05, 4.69) is 16.2 Å². The third-order valence-corrected chi connectivity index (χ3v) is 2.81. The van der Waals surface area contributed by atoms with Gasteiger partial charge in [0.1, 0.15) is 0 Å². The summed E-state index contributed by atoms with van der Waals surface area (Å²) in [6, 6.07) is 16.4. The van der Waals surface area contributed by atoms with Crippen molar-refractivity contribution in [3.05, 3.63) is 54.1 Å². The molecule has 0 atom stereocenters. The molecule has 0 unspecified atom stereocenters. The van der Waals surface area contributed by atoms with Crippen LogP contribution in [0.1, 0.15) is 5.56 Å². The summed E-state index contributed by atoms with van der Waals surface area (Å²) in [6.07, 6.45) is 0. The van der Waals surface area contributed by atoms with Crippen LogP contribution in [0.3, 0.4) is 0 Å². The largest absolute Gasteiger partial charge is 0.399 e. The van der Waals surface area contributed by atoms with Crippen LogP contribution in [0.4, 0.5) is 5.69 Å². The Morgan fingerprint density at radius 1 is 1.05 bits per heavy atom. The van der Waals surface area contributed by atoms with Gasteiger partial charge in [-0.3, -0.25) is 0 Å². The Bertz CT molecular complexity index is 801. The smallest absolute Gasteiger partial charge is 0.258 e. The average molecular weight is 262 g/mol. The van der Waals surface area contributed by atoms with Crippen LogP contribution in [-0.4, -0.2) is 10.1 Å². The predicted octanol–water partition coefficient (Wildman–Crippen LogP) is 2.86. The van der Waals surface area contributed by atoms with Gasteiger partial charge in [0.25, 0.3) is 5.89 Å². The van der Waals surface area contributed by atoms with Gasteiger partial charge in [-0.2, -0.15) is 10.2 Å². The highest BCUT2D eigenvalue weighted by atomic mass is 16.5. The Kier molecular flexibility index (Phi) is 2.90. The highest BCUT2D eigenvalue weighted by molar-refractivity contribution is 5.63. The molecule has 2 N–H and O–H groups in total. The minimum absolute atomic E-state index is 0.375. The molecule has 0 aliphatic carbocycles. The second-order valence-electron chi connectivity index (χ2n) is 4.24. The minimum Gasteiger partial charge on any atom is -0.399 e. The SMILES string of the molecule is N#Cc1cccc(-c2nc(-c3cccc(N)c3)no2)c1. The fourth-order valence-corrected chi connectivity index (χ4v) is 1.86. The van der Waals surface area contributed by atoms with Crippen molar-refractivity contribution in [2.75, 3.05) is 5.73 Å². The van der Waals surface area contributed by atoms with E-state index in [-0.39, 0.29) is 0 Å². The molecule has 0 bridgehead atoms. The zero-order valence-electron chi connectivity index (χ0n) is 10.4. The predicted molar refractivity (Wildman–Crippen MR) is 74.3 cm³/mol. The molecule has 1 heterocycles. The molecule has 0 spiro atoms. The third kappa shape index (κ3) is 2.22. The molecule has 0 radical (unpaired) electrons. The maximum absolute atomic E-state index is 8.89. The molecule has 5 heteroatoms. The summed E-state index contributed by atoms with van der Waals surface area (Å²) in [5.41, 5.74) is 8.42. The quantitative estimate of drug-likeness (QED) is 0.717. The van der Waals surface area contributed by atoms with Gasteiger partial charge in [-0.1, -0.05) is 23.4 Å². The van der Waals surface area contributed by atoms with E-state index in [0.29, 0.717) is 28.5 Å². The summed E-state index contributed by atoms with van der Waals surface area (Å²) in [4.78, 5) is 4.32. The summed E-state index contributed by atoms with van der Waals surface area (Å²) >= 11 is 0. The van der Waals surface area contributed by atoms with Crippen LogP contribution in [0.25, 0.3) is 22.8 Å². The maximum Gasteiger partial charge on any atom is 0.258 e. The van der Waals surface area contributed by atoms with E-state index in [9.17, 15) is 0 Å². The van der Waals surface area contributed by atoms with E-state index in [4.69, 9.17) is 15.5 Å². The molecule has 2 aromatic carbocycles. The van der Waals surface area contributed by atoms with Gasteiger partial charge >= 0.3 is 0 Å². The number of nitriles is 1. The summed E-state index contributed by atoms with van der Waals surface area (Å²) in [5, 5.41) is 12.8. The molecule has 0 amide bonds. The summed E-state index contributed by atoms with van der Waals surface area (Å²) in [5.74, 6) is 0.842. The zero-order chi connectivity index (χ0) is 13.9. The third-order valence-electron chi connectivity index (χ3n) is 2.81. The van der Waals surface area contributed by atoms with E-state index >= 15 is 0 Å². The normalized spacial score (nSPS) is 10.2. The fraction of sp³-hybridized carbons (Fsp3) is 0. The lowest BCUT2D eigenvalue weighted by Gasteiger charge is -1.95. The van der Waals surface area contributed by atoms with Crippen LogP contribution in [0.15, 0.2) is 53.1 Å². The number of anilines is 1. The van der Waals surface area contributed by atoms with Gasteiger partial charge in [-0.15, -0.1) is 0 Å². The average Bonchev–Trinajstić information content (AvgIpc) is 2.97. The Hall–Kier alpha value is -3.13. The van der Waals surface area contributed by atoms with Crippen LogP contribution < -0.4 is 5.73 Å². The van der Waals surface area contributed by atoms with Crippen molar-refractivity contribution in [2.24, 2.45) is 0 Å². The number of nitrogens with zero attached hydrogens (tertiary/aromatic N) is 3. The van der Waals surface area contributed by atoms with Crippen molar-refractivity contribution in [3.8, 4) is 28.9 Å². The van der Waals surface area contributed by atoms with Crippen LogP contribution >= 0.6 is 0 Å². The van der Waals surface area contributed by atoms with Crippen molar-refractivity contribution in [2.45, 2.75) is 0 Å². The topological polar surface area (TPSA) is 88.7 Å². The van der Waals surface area contributed by atoms with Crippen molar-refractivity contribution < 1.29 is 4.52 Å². The van der Waals surface area contributed by atoms with Gasteiger partial charge in [0.05, 0.1) is 11.6 Å². The Morgan fingerprint density at radius 2 is 1.85 bits per heavy atom. The molecule has 5 nitrogen and oxygen atoms in total. The summed E-state index contributed by atoms with van der Waals surface area (Å²) < 4.78 is 5.23. The summed E-state index contributed by atoms with van der Waals surface area (Å²) in [7, 11) is 0. The Balaban J connectivity index is 2.00. The molecule has 3 rings (SSSR count). The highest BCUT2D eigenvalue weighted by Crippen LogP contribution is 2.23. The first-order chi connectivity index (χ1) is 9.76. The van der Waals surface area contributed by atoms with Crippen molar-refractivity contribution >= 4 is 5.69 Å². The zero-order valence-corrected chi connectivity index (χ0v) is 10.4. The number of rotatable bonds is 2. The molecular weight excluding hydrogens is 252 g/mol. The molecular formula is C15H10N4O. The lowest BCUT2D eigenvalue weighted by molar-refractivity contribution is 0.432. The number of aromatic nitrogens is 2. The van der Waals surface area contributed by atoms with Gasteiger partial charge in [-0.25, -0.2) is 0 Å². The maximum atomic E-state index is 8.89. The number of benzene rings is 2. The molecule has 20 heavy (non-hydrogen) atoms. The molecule has 0 aliphatic rings. The van der Waals surface area contributed by atoms with Gasteiger partial charge < -0.3 is 10.3 Å². The minimum atomic E-state index is 0.375. The number of hydrogen-bond acceptors (Lipinski definition) is 5. The van der Waals surface area contributed by atoms with E-state index in [1.807, 2.05) is 18.2 Å². The van der Waals surface area contributed by atoms with Gasteiger partial charge in [0.2, 0.25) is 5.82 Å². The van der Waals surface area contributed by atoms with E-state index in [1.54, 1.807) is 30.3 Å². The van der Waals surface area contributed by atoms with E-state index < -0.39 is 0 Å². The molecule has 1 aromatic heterocycles. The molecule has 0 fully saturated rings. The van der Waals surface area contributed by atoms with Crippen molar-refractivity contribution in [3.63, 3.8) is 0 Å². The standard InChI is InChI=1S/C15H10N4O/c16-9-10-3-1-5-12(7-10)15-18-14(19-20-15)11-4-2-6-13(17)8-11/h1-8H,17H2. The van der Waals surface area contributed by atoms with Crippen LogP contribution in [0.2, 0.25) is 0 Å². The number of nitrogen functional groups attached to an aromatic ring is 1. The molecule has 0 saturated heterocycles. The van der Waals surface area contributed by atoms with Gasteiger partial charge in [0.15, 0.2) is 0 Å². The Morgan fingerprint density at radius 3 is 2.65 bits per heavy atom. The number of nitrogens with two attached hydrogens (primary N) is 1.